The molecule has 0 aliphatic heterocycles. The number of rotatable bonds is 8. The Bertz CT molecular complexity index is 723. The van der Waals surface area contributed by atoms with Crippen molar-refractivity contribution in [2.75, 3.05) is 20.1 Å². The first-order chi connectivity index (χ1) is 12.8. The number of hydrogen-bond acceptors (Lipinski definition) is 4. The van der Waals surface area contributed by atoms with Crippen LogP contribution in [0, 0.1) is 0 Å². The van der Waals surface area contributed by atoms with E-state index in [1.54, 1.807) is 31.2 Å². The van der Waals surface area contributed by atoms with E-state index >= 15 is 0 Å². The Balaban J connectivity index is 0.00000392. The highest BCUT2D eigenvalue weighted by Gasteiger charge is 2.26. The summed E-state index contributed by atoms with van der Waals surface area (Å²) in [5.41, 5.74) is -0.318. The highest BCUT2D eigenvalue weighted by molar-refractivity contribution is 14.0. The van der Waals surface area contributed by atoms with Gasteiger partial charge in [0.2, 0.25) is 0 Å². The van der Waals surface area contributed by atoms with Crippen molar-refractivity contribution in [3.8, 4) is 5.75 Å². The Labute approximate surface area is 180 Å². The van der Waals surface area contributed by atoms with Gasteiger partial charge in [-0.2, -0.15) is 8.78 Å². The van der Waals surface area contributed by atoms with Gasteiger partial charge in [0.1, 0.15) is 17.1 Å². The number of guanidine groups is 1. The quantitative estimate of drug-likeness (QED) is 0.322. The molecule has 0 fully saturated rings. The van der Waals surface area contributed by atoms with Crippen LogP contribution >= 0.6 is 24.0 Å². The standard InChI is InChI=1S/C19H25F2N3O3.HI/c1-4-22-18(23-13-19(2,25)16-6-5-11-26-16)24(3)12-14-7-9-15(10-8-14)27-17(20)21;/h5-11,17,25H,4,12-13H2,1-3H3,(H,22,23);1H. The molecule has 1 aromatic heterocycles. The molecule has 0 aliphatic carbocycles. The number of nitrogens with zero attached hydrogens (tertiary/aromatic N) is 2. The van der Waals surface area contributed by atoms with Crippen molar-refractivity contribution in [1.82, 2.24) is 10.2 Å². The molecule has 1 unspecified atom stereocenters. The van der Waals surface area contributed by atoms with E-state index < -0.39 is 12.2 Å². The lowest BCUT2D eigenvalue weighted by atomic mass is 10.0. The summed E-state index contributed by atoms with van der Waals surface area (Å²) in [4.78, 5) is 6.37. The molecule has 0 saturated carbocycles. The fraction of sp³-hybridized carbons (Fsp3) is 0.421. The average Bonchev–Trinajstić information content (AvgIpc) is 3.15. The summed E-state index contributed by atoms with van der Waals surface area (Å²) in [7, 11) is 1.85. The molecule has 0 radical (unpaired) electrons. The molecule has 9 heteroatoms. The van der Waals surface area contributed by atoms with Crippen LogP contribution in [0.4, 0.5) is 8.78 Å². The van der Waals surface area contributed by atoms with Crippen molar-refractivity contribution < 1.29 is 23.0 Å². The van der Waals surface area contributed by atoms with Crippen LogP contribution in [0.25, 0.3) is 0 Å². The molecular weight excluding hydrogens is 483 g/mol. The maximum atomic E-state index is 12.2. The maximum Gasteiger partial charge on any atom is 0.387 e. The van der Waals surface area contributed by atoms with Gasteiger partial charge in [-0.15, -0.1) is 24.0 Å². The zero-order valence-electron chi connectivity index (χ0n) is 16.1. The Morgan fingerprint density at radius 3 is 2.54 bits per heavy atom. The van der Waals surface area contributed by atoms with E-state index in [1.165, 1.54) is 18.4 Å². The van der Waals surface area contributed by atoms with Crippen LogP contribution in [0.3, 0.4) is 0 Å². The zero-order valence-corrected chi connectivity index (χ0v) is 18.4. The second kappa shape index (κ2) is 11.2. The summed E-state index contributed by atoms with van der Waals surface area (Å²) in [5, 5.41) is 13.7. The van der Waals surface area contributed by atoms with Crippen molar-refractivity contribution >= 4 is 29.9 Å². The largest absolute Gasteiger partial charge is 0.466 e. The van der Waals surface area contributed by atoms with Gasteiger partial charge in [-0.25, -0.2) is 4.99 Å². The average molecular weight is 509 g/mol. The molecule has 2 N–H and O–H groups in total. The minimum Gasteiger partial charge on any atom is -0.466 e. The number of benzene rings is 1. The van der Waals surface area contributed by atoms with Crippen molar-refractivity contribution in [2.45, 2.75) is 32.6 Å². The summed E-state index contributed by atoms with van der Waals surface area (Å²) in [5.74, 6) is 1.17. The number of halogens is 3. The van der Waals surface area contributed by atoms with Gasteiger partial charge in [-0.05, 0) is 43.7 Å². The Hall–Kier alpha value is -1.88. The summed E-state index contributed by atoms with van der Waals surface area (Å²) in [6, 6.07) is 9.86. The summed E-state index contributed by atoms with van der Waals surface area (Å²) >= 11 is 0. The highest BCUT2D eigenvalue weighted by Crippen LogP contribution is 2.21. The second-order valence-corrected chi connectivity index (χ2v) is 6.30. The summed E-state index contributed by atoms with van der Waals surface area (Å²) in [6.07, 6.45) is 1.51. The lowest BCUT2D eigenvalue weighted by Crippen LogP contribution is -2.39. The second-order valence-electron chi connectivity index (χ2n) is 6.30. The molecular formula is C19H26F2IN3O3. The topological polar surface area (TPSA) is 70.2 Å². The molecule has 0 amide bonds. The van der Waals surface area contributed by atoms with Crippen LogP contribution in [0.15, 0.2) is 52.1 Å². The van der Waals surface area contributed by atoms with Gasteiger partial charge >= 0.3 is 6.61 Å². The first-order valence-corrected chi connectivity index (χ1v) is 8.61. The van der Waals surface area contributed by atoms with E-state index in [9.17, 15) is 13.9 Å². The molecule has 6 nitrogen and oxygen atoms in total. The fourth-order valence-corrected chi connectivity index (χ4v) is 2.49. The van der Waals surface area contributed by atoms with E-state index in [0.717, 1.165) is 5.56 Å². The smallest absolute Gasteiger partial charge is 0.387 e. The molecule has 28 heavy (non-hydrogen) atoms. The summed E-state index contributed by atoms with van der Waals surface area (Å²) < 4.78 is 34.1. The Morgan fingerprint density at radius 1 is 1.32 bits per heavy atom. The van der Waals surface area contributed by atoms with Crippen LogP contribution in [0.2, 0.25) is 0 Å². The SMILES string of the molecule is CCNC(=NCC(C)(O)c1ccco1)N(C)Cc1ccc(OC(F)F)cc1.I. The highest BCUT2D eigenvalue weighted by atomic mass is 127. The number of ether oxygens (including phenoxy) is 1. The van der Waals surface area contributed by atoms with Crippen LogP contribution < -0.4 is 10.1 Å². The number of alkyl halides is 2. The van der Waals surface area contributed by atoms with Crippen molar-refractivity contribution in [3.05, 3.63) is 54.0 Å². The number of nitrogens with one attached hydrogen (secondary N) is 1. The van der Waals surface area contributed by atoms with Gasteiger partial charge in [-0.3, -0.25) is 0 Å². The first kappa shape index (κ1) is 24.2. The maximum absolute atomic E-state index is 12.2. The van der Waals surface area contributed by atoms with Crippen LogP contribution in [0.1, 0.15) is 25.2 Å². The lowest BCUT2D eigenvalue weighted by molar-refractivity contribution is -0.0498. The molecule has 2 rings (SSSR count). The normalized spacial score (nSPS) is 13.6. The molecule has 0 spiro atoms. The van der Waals surface area contributed by atoms with Gasteiger partial charge in [0, 0.05) is 20.1 Å². The van der Waals surface area contributed by atoms with Crippen molar-refractivity contribution in [2.24, 2.45) is 4.99 Å². The van der Waals surface area contributed by atoms with Gasteiger partial charge in [0.25, 0.3) is 0 Å². The van der Waals surface area contributed by atoms with Crippen molar-refractivity contribution in [1.29, 1.82) is 0 Å². The molecule has 1 atom stereocenters. The summed E-state index contributed by atoms with van der Waals surface area (Å²) in [6.45, 7) is 2.03. The van der Waals surface area contributed by atoms with E-state index in [4.69, 9.17) is 4.42 Å². The molecule has 1 heterocycles. The number of hydrogen-bond donors (Lipinski definition) is 2. The number of furan rings is 1. The van der Waals surface area contributed by atoms with Crippen LogP contribution in [-0.2, 0) is 12.1 Å². The molecule has 2 aromatic rings. The molecule has 0 aliphatic rings. The third-order valence-electron chi connectivity index (χ3n) is 3.85. The fourth-order valence-electron chi connectivity index (χ4n) is 2.49. The van der Waals surface area contributed by atoms with Gasteiger partial charge in [0.05, 0.1) is 12.8 Å². The third kappa shape index (κ3) is 7.27. The van der Waals surface area contributed by atoms with Gasteiger partial charge < -0.3 is 24.5 Å². The van der Waals surface area contributed by atoms with E-state index in [-0.39, 0.29) is 36.3 Å². The predicted molar refractivity (Wildman–Crippen MR) is 114 cm³/mol. The lowest BCUT2D eigenvalue weighted by Gasteiger charge is -2.24. The minimum absolute atomic E-state index is 0. The zero-order chi connectivity index (χ0) is 19.9. The van der Waals surface area contributed by atoms with Crippen LogP contribution in [0.5, 0.6) is 5.75 Å². The number of aliphatic hydroxyl groups is 1. The van der Waals surface area contributed by atoms with Crippen molar-refractivity contribution in [3.63, 3.8) is 0 Å². The van der Waals surface area contributed by atoms with E-state index in [0.29, 0.717) is 24.8 Å². The third-order valence-corrected chi connectivity index (χ3v) is 3.85. The van der Waals surface area contributed by atoms with Gasteiger partial charge in [-0.1, -0.05) is 12.1 Å². The van der Waals surface area contributed by atoms with Gasteiger partial charge in [0.15, 0.2) is 5.96 Å². The minimum atomic E-state index is -2.84. The molecule has 0 bridgehead atoms. The predicted octanol–water partition coefficient (Wildman–Crippen LogP) is 3.80. The Morgan fingerprint density at radius 2 is 2.00 bits per heavy atom. The first-order valence-electron chi connectivity index (χ1n) is 8.61. The van der Waals surface area contributed by atoms with E-state index in [1.807, 2.05) is 18.9 Å². The monoisotopic (exact) mass is 509 g/mol. The number of aliphatic imine (C=N–C) groups is 1. The Kier molecular flexibility index (Phi) is 9.66. The van der Waals surface area contributed by atoms with E-state index in [2.05, 4.69) is 15.0 Å². The molecule has 156 valence electrons. The molecule has 0 saturated heterocycles. The molecule has 1 aromatic carbocycles. The van der Waals surface area contributed by atoms with Crippen LogP contribution in [-0.4, -0.2) is 42.7 Å².